The first kappa shape index (κ1) is 9.49. The van der Waals surface area contributed by atoms with Crippen LogP contribution >= 0.6 is 0 Å². The van der Waals surface area contributed by atoms with E-state index in [9.17, 15) is 8.78 Å². The zero-order valence-corrected chi connectivity index (χ0v) is 6.64. The van der Waals surface area contributed by atoms with Crippen LogP contribution in [0.3, 0.4) is 0 Å². The van der Waals surface area contributed by atoms with Gasteiger partial charge in [0.25, 0.3) is 0 Å². The van der Waals surface area contributed by atoms with Crippen molar-refractivity contribution in [1.29, 1.82) is 0 Å². The summed E-state index contributed by atoms with van der Waals surface area (Å²) in [4.78, 5) is 0. The molecule has 13 heavy (non-hydrogen) atoms. The molecule has 4 heteroatoms. The van der Waals surface area contributed by atoms with Crippen LogP contribution < -0.4 is 5.73 Å². The Morgan fingerprint density at radius 2 is 1.92 bits per heavy atom. The van der Waals surface area contributed by atoms with Gasteiger partial charge in [-0.3, -0.25) is 0 Å². The Morgan fingerprint density at radius 1 is 1.31 bits per heavy atom. The number of rotatable bonds is 0. The van der Waals surface area contributed by atoms with Crippen molar-refractivity contribution >= 4 is 0 Å². The van der Waals surface area contributed by atoms with Crippen LogP contribution in [-0.2, 0) is 0 Å². The molecule has 0 amide bonds. The summed E-state index contributed by atoms with van der Waals surface area (Å²) in [5.41, 5.74) is 5.10. The normalized spacial score (nSPS) is 9.15. The molecule has 1 aromatic carbocycles. The van der Waals surface area contributed by atoms with Crippen LogP contribution in [0.1, 0.15) is 5.56 Å². The average molecular weight is 183 g/mol. The fraction of sp³-hybridized carbons (Fsp3) is 0.111. The molecule has 0 aromatic heterocycles. The van der Waals surface area contributed by atoms with Crippen molar-refractivity contribution in [2.45, 2.75) is 0 Å². The fourth-order valence-electron chi connectivity index (χ4n) is 0.783. The van der Waals surface area contributed by atoms with Crippen molar-refractivity contribution in [3.05, 3.63) is 29.3 Å². The van der Waals surface area contributed by atoms with Gasteiger partial charge in [0.15, 0.2) is 11.6 Å². The maximum atomic E-state index is 12.6. The number of aromatic hydroxyl groups is 1. The van der Waals surface area contributed by atoms with E-state index in [1.807, 2.05) is 0 Å². The summed E-state index contributed by atoms with van der Waals surface area (Å²) in [5.74, 6) is 2.30. The second-order valence-corrected chi connectivity index (χ2v) is 2.29. The van der Waals surface area contributed by atoms with Gasteiger partial charge in [0, 0.05) is 6.07 Å². The predicted molar refractivity (Wildman–Crippen MR) is 44.0 cm³/mol. The van der Waals surface area contributed by atoms with Gasteiger partial charge in [0.05, 0.1) is 12.1 Å². The molecule has 0 aliphatic rings. The van der Waals surface area contributed by atoms with Crippen LogP contribution in [0.2, 0.25) is 0 Å². The maximum Gasteiger partial charge on any atom is 0.162 e. The van der Waals surface area contributed by atoms with E-state index in [0.29, 0.717) is 6.07 Å². The third-order valence-corrected chi connectivity index (χ3v) is 1.36. The first-order valence-electron chi connectivity index (χ1n) is 3.52. The van der Waals surface area contributed by atoms with Crippen molar-refractivity contribution in [1.82, 2.24) is 0 Å². The minimum Gasteiger partial charge on any atom is -0.507 e. The largest absolute Gasteiger partial charge is 0.507 e. The molecular formula is C9H7F2NO. The van der Waals surface area contributed by atoms with E-state index in [-0.39, 0.29) is 17.9 Å². The zero-order valence-electron chi connectivity index (χ0n) is 6.64. The Kier molecular flexibility index (Phi) is 2.83. The smallest absolute Gasteiger partial charge is 0.162 e. The lowest BCUT2D eigenvalue weighted by Gasteiger charge is -1.97. The number of phenolic OH excluding ortho intramolecular Hbond substituents is 1. The molecule has 0 spiro atoms. The van der Waals surface area contributed by atoms with Gasteiger partial charge in [-0.2, -0.15) is 0 Å². The van der Waals surface area contributed by atoms with E-state index in [2.05, 4.69) is 11.8 Å². The van der Waals surface area contributed by atoms with Gasteiger partial charge in [0.1, 0.15) is 5.75 Å². The summed E-state index contributed by atoms with van der Waals surface area (Å²) in [5, 5.41) is 9.09. The summed E-state index contributed by atoms with van der Waals surface area (Å²) >= 11 is 0. The van der Waals surface area contributed by atoms with Gasteiger partial charge in [-0.1, -0.05) is 11.8 Å². The Hall–Kier alpha value is -1.60. The highest BCUT2D eigenvalue weighted by Crippen LogP contribution is 2.19. The van der Waals surface area contributed by atoms with Crippen LogP contribution in [0.5, 0.6) is 5.75 Å². The van der Waals surface area contributed by atoms with E-state index in [0.717, 1.165) is 6.07 Å². The fourth-order valence-corrected chi connectivity index (χ4v) is 0.783. The van der Waals surface area contributed by atoms with Crippen molar-refractivity contribution in [2.75, 3.05) is 6.54 Å². The maximum absolute atomic E-state index is 12.6. The minimum absolute atomic E-state index is 0.0318. The molecule has 0 radical (unpaired) electrons. The van der Waals surface area contributed by atoms with Crippen molar-refractivity contribution in [3.8, 4) is 17.6 Å². The van der Waals surface area contributed by atoms with Crippen LogP contribution in [-0.4, -0.2) is 11.7 Å². The molecule has 0 fully saturated rings. The molecule has 1 aromatic rings. The molecule has 0 bridgehead atoms. The monoisotopic (exact) mass is 183 g/mol. The van der Waals surface area contributed by atoms with Crippen molar-refractivity contribution < 1.29 is 13.9 Å². The standard InChI is InChI=1S/C9H7F2NO/c10-7-4-6(2-1-3-12)9(13)5-8(7)11/h4-5,13H,3,12H2. The predicted octanol–water partition coefficient (Wildman–Crippen LogP) is 0.981. The highest BCUT2D eigenvalue weighted by atomic mass is 19.2. The summed E-state index contributed by atoms with van der Waals surface area (Å²) < 4.78 is 25.1. The lowest BCUT2D eigenvalue weighted by Crippen LogP contribution is -1.93. The molecule has 2 nitrogen and oxygen atoms in total. The van der Waals surface area contributed by atoms with Gasteiger partial charge in [-0.05, 0) is 6.07 Å². The third kappa shape index (κ3) is 2.17. The molecule has 3 N–H and O–H groups in total. The summed E-state index contributed by atoms with van der Waals surface area (Å²) in [7, 11) is 0. The van der Waals surface area contributed by atoms with E-state index in [1.165, 1.54) is 0 Å². The third-order valence-electron chi connectivity index (χ3n) is 1.36. The molecule has 0 aliphatic carbocycles. The number of phenols is 1. The van der Waals surface area contributed by atoms with E-state index in [1.54, 1.807) is 0 Å². The van der Waals surface area contributed by atoms with Crippen LogP contribution in [0, 0.1) is 23.5 Å². The second-order valence-electron chi connectivity index (χ2n) is 2.29. The van der Waals surface area contributed by atoms with Crippen molar-refractivity contribution in [3.63, 3.8) is 0 Å². The molecule has 0 heterocycles. The topological polar surface area (TPSA) is 46.2 Å². The van der Waals surface area contributed by atoms with Crippen molar-refractivity contribution in [2.24, 2.45) is 5.73 Å². The second kappa shape index (κ2) is 3.87. The molecular weight excluding hydrogens is 176 g/mol. The molecule has 0 aliphatic heterocycles. The number of halogens is 2. The molecule has 0 saturated carbocycles. The average Bonchev–Trinajstić information content (AvgIpc) is 2.09. The minimum atomic E-state index is -1.10. The SMILES string of the molecule is NCC#Cc1cc(F)c(F)cc1O. The Bertz CT molecular complexity index is 379. The highest BCUT2D eigenvalue weighted by molar-refractivity contribution is 5.45. The molecule has 68 valence electrons. The van der Waals surface area contributed by atoms with E-state index < -0.39 is 11.6 Å². The van der Waals surface area contributed by atoms with Crippen LogP contribution in [0.4, 0.5) is 8.78 Å². The zero-order chi connectivity index (χ0) is 9.84. The summed E-state index contributed by atoms with van der Waals surface area (Å²) in [6, 6.07) is 1.50. The molecule has 0 saturated heterocycles. The molecule has 1 rings (SSSR count). The number of benzene rings is 1. The molecule has 0 atom stereocenters. The van der Waals surface area contributed by atoms with E-state index >= 15 is 0 Å². The Morgan fingerprint density at radius 3 is 2.54 bits per heavy atom. The Labute approximate surface area is 74.0 Å². The quantitative estimate of drug-likeness (QED) is 0.589. The van der Waals surface area contributed by atoms with E-state index in [4.69, 9.17) is 10.8 Å². The van der Waals surface area contributed by atoms with Gasteiger partial charge >= 0.3 is 0 Å². The lowest BCUT2D eigenvalue weighted by molar-refractivity contribution is 0.453. The summed E-state index contributed by atoms with van der Waals surface area (Å²) in [6.45, 7) is 0.0957. The first-order valence-corrected chi connectivity index (χ1v) is 3.52. The first-order chi connectivity index (χ1) is 6.15. The van der Waals surface area contributed by atoms with Gasteiger partial charge < -0.3 is 10.8 Å². The van der Waals surface area contributed by atoms with Crippen LogP contribution in [0.25, 0.3) is 0 Å². The summed E-state index contributed by atoms with van der Waals surface area (Å²) in [6.07, 6.45) is 0. The number of nitrogens with two attached hydrogens (primary N) is 1. The highest BCUT2D eigenvalue weighted by Gasteiger charge is 2.06. The number of hydrogen-bond donors (Lipinski definition) is 2. The van der Waals surface area contributed by atoms with Gasteiger partial charge in [0.2, 0.25) is 0 Å². The number of hydrogen-bond acceptors (Lipinski definition) is 2. The van der Waals surface area contributed by atoms with Gasteiger partial charge in [-0.15, -0.1) is 0 Å². The Balaban J connectivity index is 3.16. The molecule has 0 unspecified atom stereocenters. The van der Waals surface area contributed by atoms with Gasteiger partial charge in [-0.25, -0.2) is 8.78 Å². The lowest BCUT2D eigenvalue weighted by atomic mass is 10.2. The van der Waals surface area contributed by atoms with Crippen LogP contribution in [0.15, 0.2) is 12.1 Å².